The summed E-state index contributed by atoms with van der Waals surface area (Å²) >= 11 is -0.739. The first kappa shape index (κ1) is 19.4. The van der Waals surface area contributed by atoms with E-state index in [1.807, 2.05) is 0 Å². The summed E-state index contributed by atoms with van der Waals surface area (Å²) in [7, 11) is 0. The third-order valence-corrected chi connectivity index (χ3v) is 9.39. The van der Waals surface area contributed by atoms with Crippen molar-refractivity contribution in [1.82, 2.24) is 4.57 Å². The van der Waals surface area contributed by atoms with Crippen LogP contribution in [0.25, 0.3) is 17.8 Å². The van der Waals surface area contributed by atoms with E-state index in [1.165, 1.54) is 22.4 Å². The number of halogens is 2. The number of benzene rings is 2. The molecule has 0 saturated heterocycles. The molecule has 2 aromatic carbocycles. The number of nitrogens with zero attached hydrogens (tertiary/aromatic N) is 1. The molecule has 2 atom stereocenters. The summed E-state index contributed by atoms with van der Waals surface area (Å²) in [5, 5.41) is 0. The van der Waals surface area contributed by atoms with E-state index in [-0.39, 0.29) is 24.8 Å². The number of rotatable bonds is 3. The predicted octanol–water partition coefficient (Wildman–Crippen LogP) is -0.600. The molecule has 3 aromatic rings. The molecular formula is C22H17Cl2NZr. The van der Waals surface area contributed by atoms with E-state index in [0.29, 0.717) is 7.25 Å². The van der Waals surface area contributed by atoms with Crippen LogP contribution in [0.15, 0.2) is 79.1 Å². The Kier molecular flexibility index (Phi) is 6.07. The average molecular weight is 458 g/mol. The van der Waals surface area contributed by atoms with Crippen LogP contribution in [0.2, 0.25) is 0 Å². The van der Waals surface area contributed by atoms with Gasteiger partial charge in [-0.05, 0) is 0 Å². The molecule has 0 radical (unpaired) electrons. The van der Waals surface area contributed by atoms with Crippen molar-refractivity contribution in [2.75, 3.05) is 0 Å². The van der Waals surface area contributed by atoms with Crippen LogP contribution < -0.4 is 24.8 Å². The maximum Gasteiger partial charge on any atom is -1.00 e. The first-order valence-corrected chi connectivity index (χ1v) is 11.2. The molecule has 128 valence electrons. The number of allylic oxidation sites excluding steroid dienone is 2. The molecule has 1 aromatic heterocycles. The molecule has 2 unspecified atom stereocenters. The van der Waals surface area contributed by atoms with Crippen molar-refractivity contribution in [3.63, 3.8) is 0 Å². The molecule has 4 heteroatoms. The van der Waals surface area contributed by atoms with Crippen LogP contribution >= 0.6 is 0 Å². The maximum absolute atomic E-state index is 2.45. The van der Waals surface area contributed by atoms with Gasteiger partial charge in [-0.1, -0.05) is 0 Å². The van der Waals surface area contributed by atoms with Crippen LogP contribution in [0, 0.1) is 0 Å². The number of fused-ring (bicyclic) bond motifs is 2. The molecule has 0 aliphatic heterocycles. The van der Waals surface area contributed by atoms with E-state index in [4.69, 9.17) is 0 Å². The van der Waals surface area contributed by atoms with E-state index in [0.717, 1.165) is 0 Å². The first-order valence-electron chi connectivity index (χ1n) is 8.37. The zero-order chi connectivity index (χ0) is 15.9. The Morgan fingerprint density at radius 2 is 1.38 bits per heavy atom. The second-order valence-corrected chi connectivity index (χ2v) is 10.1. The van der Waals surface area contributed by atoms with Gasteiger partial charge in [0.25, 0.3) is 0 Å². The fourth-order valence-electron chi connectivity index (χ4n) is 3.79. The topological polar surface area (TPSA) is 4.93 Å². The van der Waals surface area contributed by atoms with Gasteiger partial charge in [-0.15, -0.1) is 0 Å². The third kappa shape index (κ3) is 3.31. The Labute approximate surface area is 178 Å². The van der Waals surface area contributed by atoms with Gasteiger partial charge in [0, 0.05) is 0 Å². The summed E-state index contributed by atoms with van der Waals surface area (Å²) < 4.78 is 3.59. The van der Waals surface area contributed by atoms with Gasteiger partial charge in [0.15, 0.2) is 0 Å². The molecular weight excluding hydrogens is 440 g/mol. The number of aromatic nitrogens is 1. The SMILES string of the molecule is C1=C[CH]([Zr+2][CH]2C(n3cccc3)=Cc3ccccc32)c2ccccc21.[Cl-].[Cl-]. The minimum absolute atomic E-state index is 0. The Hall–Kier alpha value is -1.34. The van der Waals surface area contributed by atoms with E-state index in [1.54, 1.807) is 5.56 Å². The summed E-state index contributed by atoms with van der Waals surface area (Å²) in [6, 6.07) is 22.1. The Balaban J connectivity index is 0.000000980. The molecule has 1 heterocycles. The van der Waals surface area contributed by atoms with Crippen molar-refractivity contribution in [2.24, 2.45) is 0 Å². The Morgan fingerprint density at radius 1 is 0.731 bits per heavy atom. The Morgan fingerprint density at radius 3 is 2.15 bits per heavy atom. The van der Waals surface area contributed by atoms with Gasteiger partial charge in [-0.25, -0.2) is 0 Å². The minimum Gasteiger partial charge on any atom is -1.00 e. The summed E-state index contributed by atoms with van der Waals surface area (Å²) in [5.74, 6) is 0. The summed E-state index contributed by atoms with van der Waals surface area (Å²) in [6.45, 7) is 0. The summed E-state index contributed by atoms with van der Waals surface area (Å²) in [6.07, 6.45) is 11.5. The predicted molar refractivity (Wildman–Crippen MR) is 96.0 cm³/mol. The summed E-state index contributed by atoms with van der Waals surface area (Å²) in [5.41, 5.74) is 7.36. The monoisotopic (exact) mass is 455 g/mol. The van der Waals surface area contributed by atoms with Gasteiger partial charge in [-0.3, -0.25) is 0 Å². The van der Waals surface area contributed by atoms with Gasteiger partial charge in [0.1, 0.15) is 0 Å². The van der Waals surface area contributed by atoms with Gasteiger partial charge < -0.3 is 24.8 Å². The normalized spacial score (nSPS) is 18.8. The van der Waals surface area contributed by atoms with Crippen LogP contribution in [-0.2, 0) is 23.2 Å². The minimum atomic E-state index is -0.739. The van der Waals surface area contributed by atoms with E-state index < -0.39 is 23.2 Å². The summed E-state index contributed by atoms with van der Waals surface area (Å²) in [4.78, 5) is 0. The molecule has 0 bridgehead atoms. The fraction of sp³-hybridized carbons (Fsp3) is 0.0909. The molecule has 1 nitrogen and oxygen atoms in total. The molecule has 0 spiro atoms. The molecule has 26 heavy (non-hydrogen) atoms. The zero-order valence-corrected chi connectivity index (χ0v) is 18.0. The molecule has 0 N–H and O–H groups in total. The smallest absolute Gasteiger partial charge is 1.00 e. The van der Waals surface area contributed by atoms with E-state index in [2.05, 4.69) is 95.9 Å². The second kappa shape index (κ2) is 8.13. The molecule has 2 aliphatic carbocycles. The van der Waals surface area contributed by atoms with Crippen LogP contribution in [0.4, 0.5) is 0 Å². The molecule has 2 aliphatic rings. The van der Waals surface area contributed by atoms with Gasteiger partial charge >= 0.3 is 154 Å². The van der Waals surface area contributed by atoms with Crippen molar-refractivity contribution in [3.8, 4) is 0 Å². The quantitative estimate of drug-likeness (QED) is 0.495. The molecule has 0 fully saturated rings. The first-order chi connectivity index (χ1) is 11.9. The van der Waals surface area contributed by atoms with Crippen LogP contribution in [0.3, 0.4) is 0 Å². The number of hydrogen-bond acceptors (Lipinski definition) is 0. The van der Waals surface area contributed by atoms with Gasteiger partial charge in [0.05, 0.1) is 0 Å². The van der Waals surface area contributed by atoms with Crippen molar-refractivity contribution in [2.45, 2.75) is 7.25 Å². The van der Waals surface area contributed by atoms with Crippen molar-refractivity contribution < 1.29 is 48.0 Å². The van der Waals surface area contributed by atoms with Crippen molar-refractivity contribution in [1.29, 1.82) is 0 Å². The standard InChI is InChI=1S/C13H10N.C9H7.2ClH.Zr/c1-2-6-12-10-13(9-11(12)5-1)14-7-3-4-8-14;1-2-5-9-7-3-6-8(9)4-1;;;/h1-10H;1-7H;2*1H;/q;;;;+2/p-2. The molecule has 0 saturated carbocycles. The Bertz CT molecular complexity index is 960. The third-order valence-electron chi connectivity index (χ3n) is 4.95. The maximum atomic E-state index is 2.45. The second-order valence-electron chi connectivity index (χ2n) is 6.35. The van der Waals surface area contributed by atoms with Gasteiger partial charge in [-0.2, -0.15) is 0 Å². The molecule has 5 rings (SSSR count). The van der Waals surface area contributed by atoms with Crippen LogP contribution in [0.1, 0.15) is 29.5 Å². The molecule has 0 amide bonds. The van der Waals surface area contributed by atoms with Crippen LogP contribution in [-0.4, -0.2) is 4.57 Å². The number of hydrogen-bond donors (Lipinski definition) is 0. The fourth-order valence-corrected chi connectivity index (χ4v) is 8.35. The van der Waals surface area contributed by atoms with Crippen molar-refractivity contribution in [3.05, 3.63) is 101 Å². The average Bonchev–Trinajstić information content (AvgIpc) is 3.34. The van der Waals surface area contributed by atoms with Gasteiger partial charge in [0.2, 0.25) is 0 Å². The van der Waals surface area contributed by atoms with E-state index >= 15 is 0 Å². The van der Waals surface area contributed by atoms with Crippen LogP contribution in [0.5, 0.6) is 0 Å². The zero-order valence-electron chi connectivity index (χ0n) is 14.0. The largest absolute Gasteiger partial charge is 1.00 e. The van der Waals surface area contributed by atoms with Crippen molar-refractivity contribution >= 4 is 17.8 Å². The van der Waals surface area contributed by atoms with E-state index in [9.17, 15) is 0 Å².